The van der Waals surface area contributed by atoms with Crippen LogP contribution in [0.5, 0.6) is 0 Å². The number of urea groups is 1. The van der Waals surface area contributed by atoms with Crippen molar-refractivity contribution in [2.45, 2.75) is 53.5 Å². The van der Waals surface area contributed by atoms with Crippen LogP contribution in [0.15, 0.2) is 0 Å². The summed E-state index contributed by atoms with van der Waals surface area (Å²) in [7, 11) is 0. The van der Waals surface area contributed by atoms with Gasteiger partial charge in [0.25, 0.3) is 0 Å². The number of nitrogens with zero attached hydrogens (tertiary/aromatic N) is 1. The minimum atomic E-state index is -0.727. The Labute approximate surface area is 121 Å². The molecular formula is C15H28N2O3. The number of nitrogens with one attached hydrogen (secondary N) is 1. The second-order valence-corrected chi connectivity index (χ2v) is 6.31. The predicted octanol–water partition coefficient (Wildman–Crippen LogP) is 2.56. The van der Waals surface area contributed by atoms with Gasteiger partial charge in [-0.15, -0.1) is 0 Å². The summed E-state index contributed by atoms with van der Waals surface area (Å²) in [5.41, 5.74) is -0.314. The number of carboxylic acid groups (broad SMARTS) is 1. The van der Waals surface area contributed by atoms with Crippen LogP contribution < -0.4 is 5.32 Å². The summed E-state index contributed by atoms with van der Waals surface area (Å²) in [6, 6.07) is 0.00475. The zero-order chi connectivity index (χ0) is 15.5. The fourth-order valence-electron chi connectivity index (χ4n) is 3.20. The van der Waals surface area contributed by atoms with Gasteiger partial charge in [-0.05, 0) is 38.0 Å². The number of hydrogen-bond donors (Lipinski definition) is 2. The van der Waals surface area contributed by atoms with Crippen LogP contribution >= 0.6 is 0 Å². The molecule has 3 atom stereocenters. The molecule has 0 aliphatic heterocycles. The lowest BCUT2D eigenvalue weighted by atomic mass is 9.61. The van der Waals surface area contributed by atoms with Crippen molar-refractivity contribution in [1.82, 2.24) is 10.2 Å². The molecule has 0 saturated heterocycles. The Hall–Kier alpha value is -1.26. The third-order valence-corrected chi connectivity index (χ3v) is 5.10. The van der Waals surface area contributed by atoms with Crippen LogP contribution in [-0.2, 0) is 4.79 Å². The van der Waals surface area contributed by atoms with Gasteiger partial charge in [-0.25, -0.2) is 4.79 Å². The SMILES string of the molecule is CCN(CC)C(=O)NC1CCC(C(=O)O)C(C)(C)C1C. The van der Waals surface area contributed by atoms with Crippen LogP contribution in [-0.4, -0.2) is 41.1 Å². The molecule has 1 saturated carbocycles. The van der Waals surface area contributed by atoms with Crippen molar-refractivity contribution in [3.8, 4) is 0 Å². The highest BCUT2D eigenvalue weighted by Crippen LogP contribution is 2.45. The van der Waals surface area contributed by atoms with Crippen LogP contribution in [0.3, 0.4) is 0 Å². The van der Waals surface area contributed by atoms with E-state index in [1.165, 1.54) is 0 Å². The fourth-order valence-corrected chi connectivity index (χ4v) is 3.20. The quantitative estimate of drug-likeness (QED) is 0.833. The van der Waals surface area contributed by atoms with Gasteiger partial charge in [0.15, 0.2) is 0 Å². The van der Waals surface area contributed by atoms with Gasteiger partial charge >= 0.3 is 12.0 Å². The van der Waals surface area contributed by atoms with Gasteiger partial charge in [0.2, 0.25) is 0 Å². The first-order valence-electron chi connectivity index (χ1n) is 7.53. The van der Waals surface area contributed by atoms with E-state index in [2.05, 4.69) is 5.32 Å². The van der Waals surface area contributed by atoms with Crippen LogP contribution in [0.25, 0.3) is 0 Å². The molecule has 2 amide bonds. The lowest BCUT2D eigenvalue weighted by Crippen LogP contribution is -2.54. The summed E-state index contributed by atoms with van der Waals surface area (Å²) in [5, 5.41) is 12.4. The standard InChI is InChI=1S/C15H28N2O3/c1-6-17(7-2)14(20)16-12-9-8-11(13(18)19)15(4,5)10(12)3/h10-12H,6-9H2,1-5H3,(H,16,20)(H,18,19). The number of rotatable bonds is 4. The Morgan fingerprint density at radius 2 is 1.80 bits per heavy atom. The Morgan fingerprint density at radius 1 is 1.25 bits per heavy atom. The average molecular weight is 284 g/mol. The lowest BCUT2D eigenvalue weighted by molar-refractivity contribution is -0.150. The zero-order valence-corrected chi connectivity index (χ0v) is 13.3. The Kier molecular flexibility index (Phi) is 5.42. The van der Waals surface area contributed by atoms with Gasteiger partial charge in [-0.3, -0.25) is 4.79 Å². The molecule has 0 aromatic rings. The highest BCUT2D eigenvalue weighted by Gasteiger charge is 2.46. The van der Waals surface area contributed by atoms with E-state index in [4.69, 9.17) is 0 Å². The summed E-state index contributed by atoms with van der Waals surface area (Å²) >= 11 is 0. The third kappa shape index (κ3) is 3.25. The number of hydrogen-bond acceptors (Lipinski definition) is 2. The first-order chi connectivity index (χ1) is 9.25. The van der Waals surface area contributed by atoms with Gasteiger partial charge in [0.1, 0.15) is 0 Å². The zero-order valence-electron chi connectivity index (χ0n) is 13.3. The number of amides is 2. The van der Waals surface area contributed by atoms with Gasteiger partial charge in [0, 0.05) is 19.1 Å². The van der Waals surface area contributed by atoms with E-state index in [0.29, 0.717) is 19.5 Å². The van der Waals surface area contributed by atoms with E-state index in [1.807, 2.05) is 34.6 Å². The largest absolute Gasteiger partial charge is 0.481 e. The smallest absolute Gasteiger partial charge is 0.317 e. The lowest BCUT2D eigenvalue weighted by Gasteiger charge is -2.46. The van der Waals surface area contributed by atoms with E-state index in [0.717, 1.165) is 6.42 Å². The van der Waals surface area contributed by atoms with Crippen molar-refractivity contribution in [2.75, 3.05) is 13.1 Å². The predicted molar refractivity (Wildman–Crippen MR) is 78.5 cm³/mol. The fraction of sp³-hybridized carbons (Fsp3) is 0.867. The number of aliphatic carboxylic acids is 1. The maximum Gasteiger partial charge on any atom is 0.317 e. The molecule has 116 valence electrons. The number of carbonyl (C=O) groups is 2. The number of carbonyl (C=O) groups excluding carboxylic acids is 1. The molecule has 1 aliphatic carbocycles. The summed E-state index contributed by atoms with van der Waals surface area (Å²) in [6.45, 7) is 11.3. The monoisotopic (exact) mass is 284 g/mol. The van der Waals surface area contributed by atoms with E-state index >= 15 is 0 Å². The van der Waals surface area contributed by atoms with Gasteiger partial charge in [-0.1, -0.05) is 20.8 Å². The van der Waals surface area contributed by atoms with E-state index in [9.17, 15) is 14.7 Å². The molecule has 0 bridgehead atoms. The summed E-state index contributed by atoms with van der Waals surface area (Å²) in [4.78, 5) is 25.2. The molecule has 1 aliphatic rings. The molecular weight excluding hydrogens is 256 g/mol. The van der Waals surface area contributed by atoms with Crippen LogP contribution in [0.4, 0.5) is 4.79 Å². The highest BCUT2D eigenvalue weighted by atomic mass is 16.4. The van der Waals surface area contributed by atoms with Crippen LogP contribution in [0, 0.1) is 17.3 Å². The van der Waals surface area contributed by atoms with Crippen molar-refractivity contribution in [3.05, 3.63) is 0 Å². The maximum atomic E-state index is 12.1. The normalized spacial score (nSPS) is 28.8. The highest BCUT2D eigenvalue weighted by molar-refractivity contribution is 5.75. The minimum absolute atomic E-state index is 0.0450. The molecule has 2 N–H and O–H groups in total. The van der Waals surface area contributed by atoms with Crippen molar-refractivity contribution in [1.29, 1.82) is 0 Å². The molecule has 1 fully saturated rings. The Bertz CT molecular complexity index is 364. The summed E-state index contributed by atoms with van der Waals surface area (Å²) in [5.74, 6) is -0.925. The van der Waals surface area contributed by atoms with E-state index < -0.39 is 5.97 Å². The molecule has 20 heavy (non-hydrogen) atoms. The number of carboxylic acids is 1. The van der Waals surface area contributed by atoms with Crippen molar-refractivity contribution < 1.29 is 14.7 Å². The van der Waals surface area contributed by atoms with Crippen LogP contribution in [0.1, 0.15) is 47.5 Å². The molecule has 5 nitrogen and oxygen atoms in total. The van der Waals surface area contributed by atoms with Gasteiger partial charge in [-0.2, -0.15) is 0 Å². The second-order valence-electron chi connectivity index (χ2n) is 6.31. The molecule has 1 rings (SSSR count). The first-order valence-corrected chi connectivity index (χ1v) is 7.53. The molecule has 5 heteroatoms. The van der Waals surface area contributed by atoms with Crippen molar-refractivity contribution >= 4 is 12.0 Å². The second kappa shape index (κ2) is 6.46. The Morgan fingerprint density at radius 3 is 2.25 bits per heavy atom. The van der Waals surface area contributed by atoms with Gasteiger partial charge < -0.3 is 15.3 Å². The molecule has 0 aromatic heterocycles. The van der Waals surface area contributed by atoms with Gasteiger partial charge in [0.05, 0.1) is 5.92 Å². The van der Waals surface area contributed by atoms with Crippen LogP contribution in [0.2, 0.25) is 0 Å². The molecule has 0 spiro atoms. The van der Waals surface area contributed by atoms with E-state index in [-0.39, 0.29) is 29.3 Å². The first kappa shape index (κ1) is 16.8. The van der Waals surface area contributed by atoms with Crippen molar-refractivity contribution in [3.63, 3.8) is 0 Å². The molecule has 0 radical (unpaired) electrons. The maximum absolute atomic E-state index is 12.1. The Balaban J connectivity index is 2.76. The molecule has 3 unspecified atom stereocenters. The third-order valence-electron chi connectivity index (χ3n) is 5.10. The summed E-state index contributed by atoms with van der Waals surface area (Å²) < 4.78 is 0. The molecule has 0 heterocycles. The summed E-state index contributed by atoms with van der Waals surface area (Å²) in [6.07, 6.45) is 1.35. The molecule has 0 aromatic carbocycles. The average Bonchev–Trinajstić information content (AvgIpc) is 2.36. The topological polar surface area (TPSA) is 69.6 Å². The van der Waals surface area contributed by atoms with E-state index in [1.54, 1.807) is 4.90 Å². The van der Waals surface area contributed by atoms with Crippen molar-refractivity contribution in [2.24, 2.45) is 17.3 Å². The minimum Gasteiger partial charge on any atom is -0.481 e.